The third-order valence-corrected chi connectivity index (χ3v) is 3.98. The molecule has 1 saturated heterocycles. The summed E-state index contributed by atoms with van der Waals surface area (Å²) in [6, 6.07) is 7.45. The van der Waals surface area contributed by atoms with Gasteiger partial charge in [0.25, 0.3) is 0 Å². The van der Waals surface area contributed by atoms with Gasteiger partial charge >= 0.3 is 0 Å². The fourth-order valence-electron chi connectivity index (χ4n) is 2.87. The molecule has 0 bridgehead atoms. The van der Waals surface area contributed by atoms with E-state index in [9.17, 15) is 4.39 Å². The highest BCUT2D eigenvalue weighted by atomic mass is 19.1. The maximum absolute atomic E-state index is 13.1. The van der Waals surface area contributed by atoms with Gasteiger partial charge in [-0.2, -0.15) is 0 Å². The summed E-state index contributed by atoms with van der Waals surface area (Å²) in [5.41, 5.74) is 1.24. The van der Waals surface area contributed by atoms with Gasteiger partial charge in [-0.25, -0.2) is 4.39 Å². The summed E-state index contributed by atoms with van der Waals surface area (Å²) < 4.78 is 13.1. The van der Waals surface area contributed by atoms with Gasteiger partial charge < -0.3 is 5.32 Å². The molecular weight excluding hydrogens is 251 g/mol. The maximum atomic E-state index is 13.1. The molecule has 0 aliphatic carbocycles. The molecule has 1 aliphatic rings. The molecule has 1 fully saturated rings. The van der Waals surface area contributed by atoms with Crippen molar-refractivity contribution >= 4 is 0 Å². The Labute approximate surface area is 121 Å². The minimum Gasteiger partial charge on any atom is -0.314 e. The summed E-state index contributed by atoms with van der Waals surface area (Å²) in [6.45, 7) is 8.01. The van der Waals surface area contributed by atoms with Gasteiger partial charge in [0.2, 0.25) is 0 Å². The van der Waals surface area contributed by atoms with Crippen LogP contribution in [-0.2, 0) is 0 Å². The number of halogens is 1. The number of allylic oxidation sites excluding steroid dienone is 1. The molecule has 0 spiro atoms. The number of hydrogen-bond donors (Lipinski definition) is 1. The van der Waals surface area contributed by atoms with Gasteiger partial charge in [-0.15, -0.1) is 6.58 Å². The van der Waals surface area contributed by atoms with Crippen LogP contribution in [0.3, 0.4) is 0 Å². The Morgan fingerprint density at radius 1 is 1.20 bits per heavy atom. The molecule has 1 aromatic rings. The van der Waals surface area contributed by atoms with Crippen molar-refractivity contribution in [1.29, 1.82) is 0 Å². The highest BCUT2D eigenvalue weighted by Crippen LogP contribution is 2.27. The Morgan fingerprint density at radius 2 is 1.90 bits per heavy atom. The van der Waals surface area contributed by atoms with Gasteiger partial charge in [0.15, 0.2) is 0 Å². The first-order valence-electron chi connectivity index (χ1n) is 7.62. The molecular formula is C17H25FN2. The number of unbranched alkanes of at least 4 members (excludes halogenated alkanes) is 2. The van der Waals surface area contributed by atoms with Crippen molar-refractivity contribution in [2.75, 3.05) is 26.2 Å². The second kappa shape index (κ2) is 8.18. The number of benzene rings is 1. The standard InChI is InChI=1S/C17H25FN2/c1-2-3-4-5-6-17(20-13-11-19-12-14-20)15-7-9-16(18)10-8-15/h2,7-10,17,19H,1,3-6,11-14H2/t17-/m0/s1. The van der Waals surface area contributed by atoms with Crippen LogP contribution in [0.5, 0.6) is 0 Å². The Hall–Kier alpha value is -1.19. The van der Waals surface area contributed by atoms with Gasteiger partial charge in [0.1, 0.15) is 5.82 Å². The molecule has 0 unspecified atom stereocenters. The minimum atomic E-state index is -0.153. The van der Waals surface area contributed by atoms with Crippen LogP contribution in [0.15, 0.2) is 36.9 Å². The fraction of sp³-hybridized carbons (Fsp3) is 0.529. The Balaban J connectivity index is 2.01. The molecule has 20 heavy (non-hydrogen) atoms. The van der Waals surface area contributed by atoms with Crippen LogP contribution in [0.1, 0.15) is 37.3 Å². The monoisotopic (exact) mass is 276 g/mol. The lowest BCUT2D eigenvalue weighted by atomic mass is 9.98. The molecule has 1 heterocycles. The maximum Gasteiger partial charge on any atom is 0.123 e. The second-order valence-electron chi connectivity index (χ2n) is 5.43. The zero-order chi connectivity index (χ0) is 14.2. The van der Waals surface area contributed by atoms with Gasteiger partial charge in [0.05, 0.1) is 0 Å². The van der Waals surface area contributed by atoms with Gasteiger partial charge in [-0.3, -0.25) is 4.90 Å². The summed E-state index contributed by atoms with van der Waals surface area (Å²) in [4.78, 5) is 2.53. The van der Waals surface area contributed by atoms with E-state index in [-0.39, 0.29) is 5.82 Å². The highest BCUT2D eigenvalue weighted by molar-refractivity contribution is 5.20. The average molecular weight is 276 g/mol. The molecule has 3 heteroatoms. The van der Waals surface area contributed by atoms with Crippen LogP contribution in [0, 0.1) is 5.82 Å². The number of piperazine rings is 1. The van der Waals surface area contributed by atoms with Gasteiger partial charge in [-0.1, -0.05) is 24.6 Å². The third-order valence-electron chi connectivity index (χ3n) is 3.98. The van der Waals surface area contributed by atoms with E-state index < -0.39 is 0 Å². The van der Waals surface area contributed by atoms with Crippen LogP contribution < -0.4 is 5.32 Å². The van der Waals surface area contributed by atoms with E-state index in [1.54, 1.807) is 12.1 Å². The van der Waals surface area contributed by atoms with E-state index in [1.807, 2.05) is 18.2 Å². The first-order chi connectivity index (χ1) is 9.81. The van der Waals surface area contributed by atoms with E-state index in [4.69, 9.17) is 0 Å². The smallest absolute Gasteiger partial charge is 0.123 e. The Morgan fingerprint density at radius 3 is 2.55 bits per heavy atom. The van der Waals surface area contributed by atoms with Gasteiger partial charge in [-0.05, 0) is 37.0 Å². The van der Waals surface area contributed by atoms with Crippen LogP contribution in [0.2, 0.25) is 0 Å². The zero-order valence-electron chi connectivity index (χ0n) is 12.2. The highest BCUT2D eigenvalue weighted by Gasteiger charge is 2.21. The Bertz CT molecular complexity index is 396. The van der Waals surface area contributed by atoms with Gasteiger partial charge in [0, 0.05) is 32.2 Å². The van der Waals surface area contributed by atoms with Crippen molar-refractivity contribution in [2.24, 2.45) is 0 Å². The van der Waals surface area contributed by atoms with E-state index >= 15 is 0 Å². The predicted octanol–water partition coefficient (Wildman–Crippen LogP) is 3.52. The van der Waals surface area contributed by atoms with Crippen molar-refractivity contribution in [2.45, 2.75) is 31.7 Å². The summed E-state index contributed by atoms with van der Waals surface area (Å²) in [5.74, 6) is -0.153. The third kappa shape index (κ3) is 4.43. The molecule has 110 valence electrons. The predicted molar refractivity (Wildman–Crippen MR) is 82.2 cm³/mol. The van der Waals surface area contributed by atoms with E-state index in [0.29, 0.717) is 6.04 Å². The summed E-state index contributed by atoms with van der Waals surface area (Å²) >= 11 is 0. The van der Waals surface area contributed by atoms with Crippen molar-refractivity contribution in [3.63, 3.8) is 0 Å². The summed E-state index contributed by atoms with van der Waals surface area (Å²) in [5, 5.41) is 3.39. The molecule has 0 saturated carbocycles. The van der Waals surface area contributed by atoms with Crippen LogP contribution in [-0.4, -0.2) is 31.1 Å². The molecule has 1 aliphatic heterocycles. The lowest BCUT2D eigenvalue weighted by molar-refractivity contribution is 0.163. The zero-order valence-corrected chi connectivity index (χ0v) is 12.2. The summed E-state index contributed by atoms with van der Waals surface area (Å²) in [6.07, 6.45) is 6.58. The van der Waals surface area contributed by atoms with E-state index in [0.717, 1.165) is 39.0 Å². The normalized spacial score (nSPS) is 17.9. The molecule has 0 aromatic heterocycles. The first kappa shape index (κ1) is 15.2. The summed E-state index contributed by atoms with van der Waals surface area (Å²) in [7, 11) is 0. The second-order valence-corrected chi connectivity index (χ2v) is 5.43. The average Bonchev–Trinajstić information content (AvgIpc) is 2.50. The SMILES string of the molecule is C=CCCCC[C@@H](c1ccc(F)cc1)N1CCNCC1. The topological polar surface area (TPSA) is 15.3 Å². The molecule has 0 radical (unpaired) electrons. The molecule has 2 rings (SSSR count). The van der Waals surface area contributed by atoms with Crippen molar-refractivity contribution in [1.82, 2.24) is 10.2 Å². The lowest BCUT2D eigenvalue weighted by Gasteiger charge is -2.35. The quantitative estimate of drug-likeness (QED) is 0.605. The van der Waals surface area contributed by atoms with Crippen LogP contribution in [0.4, 0.5) is 4.39 Å². The molecule has 1 N–H and O–H groups in total. The molecule has 1 aromatic carbocycles. The van der Waals surface area contributed by atoms with Crippen molar-refractivity contribution in [3.05, 3.63) is 48.3 Å². The van der Waals surface area contributed by atoms with E-state index in [2.05, 4.69) is 16.8 Å². The Kier molecular flexibility index (Phi) is 6.22. The molecule has 2 nitrogen and oxygen atoms in total. The molecule has 0 amide bonds. The molecule has 1 atom stereocenters. The van der Waals surface area contributed by atoms with E-state index in [1.165, 1.54) is 18.4 Å². The minimum absolute atomic E-state index is 0.153. The van der Waals surface area contributed by atoms with Crippen LogP contribution in [0.25, 0.3) is 0 Å². The largest absolute Gasteiger partial charge is 0.314 e. The number of nitrogens with zero attached hydrogens (tertiary/aromatic N) is 1. The van der Waals surface area contributed by atoms with Crippen molar-refractivity contribution < 1.29 is 4.39 Å². The fourth-order valence-corrected chi connectivity index (χ4v) is 2.87. The first-order valence-corrected chi connectivity index (χ1v) is 7.62. The van der Waals surface area contributed by atoms with Crippen molar-refractivity contribution in [3.8, 4) is 0 Å². The number of hydrogen-bond acceptors (Lipinski definition) is 2. The number of rotatable bonds is 7. The lowest BCUT2D eigenvalue weighted by Crippen LogP contribution is -2.45. The number of nitrogens with one attached hydrogen (secondary N) is 1. The van der Waals surface area contributed by atoms with Crippen LogP contribution >= 0.6 is 0 Å².